The summed E-state index contributed by atoms with van der Waals surface area (Å²) >= 11 is 0. The van der Waals surface area contributed by atoms with Gasteiger partial charge < -0.3 is 14.8 Å². The van der Waals surface area contributed by atoms with Crippen molar-refractivity contribution in [1.29, 1.82) is 0 Å². The van der Waals surface area contributed by atoms with E-state index in [4.69, 9.17) is 9.47 Å². The standard InChI is InChI=1S/C12H18N2O2/c1-12(8-16-9-12)7-13-6-10-4-3-5-11(14-10)15-2/h3-5,13H,6-9H2,1-2H3. The molecule has 88 valence electrons. The fourth-order valence-electron chi connectivity index (χ4n) is 1.71. The van der Waals surface area contributed by atoms with E-state index in [0.29, 0.717) is 11.3 Å². The maximum atomic E-state index is 5.20. The Morgan fingerprint density at radius 2 is 2.31 bits per heavy atom. The molecule has 4 nitrogen and oxygen atoms in total. The van der Waals surface area contributed by atoms with Gasteiger partial charge in [0, 0.05) is 24.6 Å². The smallest absolute Gasteiger partial charge is 0.213 e. The summed E-state index contributed by atoms with van der Waals surface area (Å²) in [6.07, 6.45) is 0. The molecule has 1 N–H and O–H groups in total. The molecule has 0 unspecified atom stereocenters. The zero-order chi connectivity index (χ0) is 11.4. The van der Waals surface area contributed by atoms with Crippen LogP contribution in [-0.2, 0) is 11.3 Å². The third-order valence-corrected chi connectivity index (χ3v) is 2.75. The predicted octanol–water partition coefficient (Wildman–Crippen LogP) is 1.22. The Morgan fingerprint density at radius 1 is 1.50 bits per heavy atom. The van der Waals surface area contributed by atoms with Crippen LogP contribution in [0, 0.1) is 5.41 Å². The van der Waals surface area contributed by atoms with E-state index >= 15 is 0 Å². The highest BCUT2D eigenvalue weighted by Crippen LogP contribution is 2.25. The van der Waals surface area contributed by atoms with Crippen molar-refractivity contribution in [2.45, 2.75) is 13.5 Å². The SMILES string of the molecule is COc1cccc(CNCC2(C)COC2)n1. The van der Waals surface area contributed by atoms with Crippen LogP contribution in [0.15, 0.2) is 18.2 Å². The molecule has 0 aromatic carbocycles. The Hall–Kier alpha value is -1.13. The third kappa shape index (κ3) is 2.71. The predicted molar refractivity (Wildman–Crippen MR) is 61.4 cm³/mol. The highest BCUT2D eigenvalue weighted by atomic mass is 16.5. The molecule has 0 bridgehead atoms. The minimum absolute atomic E-state index is 0.304. The first-order chi connectivity index (χ1) is 7.72. The Morgan fingerprint density at radius 3 is 2.94 bits per heavy atom. The van der Waals surface area contributed by atoms with E-state index in [1.165, 1.54) is 0 Å². The quantitative estimate of drug-likeness (QED) is 0.813. The molecule has 0 radical (unpaired) electrons. The van der Waals surface area contributed by atoms with Crippen molar-refractivity contribution in [3.8, 4) is 5.88 Å². The summed E-state index contributed by atoms with van der Waals surface area (Å²) in [5.74, 6) is 0.664. The van der Waals surface area contributed by atoms with Gasteiger partial charge in [0.15, 0.2) is 0 Å². The van der Waals surface area contributed by atoms with Crippen LogP contribution in [0.1, 0.15) is 12.6 Å². The topological polar surface area (TPSA) is 43.4 Å². The summed E-state index contributed by atoms with van der Waals surface area (Å²) in [7, 11) is 1.63. The van der Waals surface area contributed by atoms with Gasteiger partial charge in [0.05, 0.1) is 26.0 Å². The first-order valence-corrected chi connectivity index (χ1v) is 5.50. The van der Waals surface area contributed by atoms with Crippen molar-refractivity contribution in [3.05, 3.63) is 23.9 Å². The van der Waals surface area contributed by atoms with E-state index in [0.717, 1.165) is 32.0 Å². The van der Waals surface area contributed by atoms with Crippen molar-refractivity contribution in [2.75, 3.05) is 26.9 Å². The second-order valence-electron chi connectivity index (χ2n) is 4.58. The molecule has 2 heterocycles. The average molecular weight is 222 g/mol. The second kappa shape index (κ2) is 4.80. The van der Waals surface area contributed by atoms with E-state index in [9.17, 15) is 0 Å². The zero-order valence-electron chi connectivity index (χ0n) is 9.82. The van der Waals surface area contributed by atoms with Gasteiger partial charge in [-0.3, -0.25) is 0 Å². The lowest BCUT2D eigenvalue weighted by Crippen LogP contribution is -2.47. The summed E-state index contributed by atoms with van der Waals surface area (Å²) < 4.78 is 10.3. The molecule has 16 heavy (non-hydrogen) atoms. The molecule has 1 aromatic rings. The van der Waals surface area contributed by atoms with Crippen molar-refractivity contribution >= 4 is 0 Å². The molecule has 1 fully saturated rings. The minimum atomic E-state index is 0.304. The van der Waals surface area contributed by atoms with Gasteiger partial charge >= 0.3 is 0 Å². The van der Waals surface area contributed by atoms with Gasteiger partial charge in [0.1, 0.15) is 0 Å². The molecule has 0 spiro atoms. The lowest BCUT2D eigenvalue weighted by Gasteiger charge is -2.38. The number of hydrogen-bond acceptors (Lipinski definition) is 4. The van der Waals surface area contributed by atoms with Crippen molar-refractivity contribution in [3.63, 3.8) is 0 Å². The fraction of sp³-hybridized carbons (Fsp3) is 0.583. The van der Waals surface area contributed by atoms with Crippen LogP contribution in [0.5, 0.6) is 5.88 Å². The first kappa shape index (κ1) is 11.4. The molecule has 0 saturated carbocycles. The van der Waals surface area contributed by atoms with Crippen LogP contribution in [-0.4, -0.2) is 31.9 Å². The molecule has 1 saturated heterocycles. The van der Waals surface area contributed by atoms with E-state index in [-0.39, 0.29) is 0 Å². The lowest BCUT2D eigenvalue weighted by molar-refractivity contribution is -0.0991. The van der Waals surface area contributed by atoms with Crippen molar-refractivity contribution in [2.24, 2.45) is 5.41 Å². The van der Waals surface area contributed by atoms with Crippen LogP contribution in [0.2, 0.25) is 0 Å². The Bertz CT molecular complexity index is 351. The summed E-state index contributed by atoms with van der Waals surface area (Å²) in [6, 6.07) is 5.80. The van der Waals surface area contributed by atoms with Crippen LogP contribution in [0.3, 0.4) is 0 Å². The fourth-order valence-corrected chi connectivity index (χ4v) is 1.71. The normalized spacial score (nSPS) is 17.9. The Balaban J connectivity index is 1.80. The van der Waals surface area contributed by atoms with E-state index in [2.05, 4.69) is 17.2 Å². The maximum absolute atomic E-state index is 5.20. The number of rotatable bonds is 5. The Kier molecular flexibility index (Phi) is 3.41. The lowest BCUT2D eigenvalue weighted by atomic mass is 9.89. The van der Waals surface area contributed by atoms with Crippen molar-refractivity contribution in [1.82, 2.24) is 10.3 Å². The molecule has 4 heteroatoms. The molecule has 2 rings (SSSR count). The molecule has 1 aromatic heterocycles. The van der Waals surface area contributed by atoms with Crippen molar-refractivity contribution < 1.29 is 9.47 Å². The molecule has 0 atom stereocenters. The molecule has 0 amide bonds. The zero-order valence-corrected chi connectivity index (χ0v) is 9.82. The highest BCUT2D eigenvalue weighted by molar-refractivity contribution is 5.15. The van der Waals surface area contributed by atoms with Crippen LogP contribution < -0.4 is 10.1 Å². The Labute approximate surface area is 96.0 Å². The number of hydrogen-bond donors (Lipinski definition) is 1. The number of pyridine rings is 1. The monoisotopic (exact) mass is 222 g/mol. The number of ether oxygens (including phenoxy) is 2. The van der Waals surface area contributed by atoms with E-state index in [1.807, 2.05) is 18.2 Å². The number of aromatic nitrogens is 1. The molecular formula is C12H18N2O2. The van der Waals surface area contributed by atoms with Gasteiger partial charge in [-0.25, -0.2) is 4.98 Å². The maximum Gasteiger partial charge on any atom is 0.213 e. The largest absolute Gasteiger partial charge is 0.481 e. The van der Waals surface area contributed by atoms with Gasteiger partial charge in [-0.1, -0.05) is 13.0 Å². The third-order valence-electron chi connectivity index (χ3n) is 2.75. The van der Waals surface area contributed by atoms with E-state index < -0.39 is 0 Å². The van der Waals surface area contributed by atoms with Crippen LogP contribution in [0.4, 0.5) is 0 Å². The average Bonchev–Trinajstić information content (AvgIpc) is 2.27. The summed E-state index contributed by atoms with van der Waals surface area (Å²) in [5.41, 5.74) is 1.31. The van der Waals surface area contributed by atoms with Gasteiger partial charge in [-0.2, -0.15) is 0 Å². The number of methoxy groups -OCH3 is 1. The van der Waals surface area contributed by atoms with Gasteiger partial charge in [0.2, 0.25) is 5.88 Å². The number of nitrogens with one attached hydrogen (secondary N) is 1. The summed E-state index contributed by atoms with van der Waals surface area (Å²) in [5, 5.41) is 3.40. The summed E-state index contributed by atoms with van der Waals surface area (Å²) in [4.78, 5) is 4.34. The van der Waals surface area contributed by atoms with E-state index in [1.54, 1.807) is 7.11 Å². The van der Waals surface area contributed by atoms with Crippen LogP contribution >= 0.6 is 0 Å². The molecule has 0 aliphatic carbocycles. The summed E-state index contributed by atoms with van der Waals surface area (Å²) in [6.45, 7) is 5.66. The van der Waals surface area contributed by atoms with Gasteiger partial charge in [-0.05, 0) is 6.07 Å². The van der Waals surface area contributed by atoms with Gasteiger partial charge in [0.25, 0.3) is 0 Å². The van der Waals surface area contributed by atoms with Gasteiger partial charge in [-0.15, -0.1) is 0 Å². The van der Waals surface area contributed by atoms with Crippen LogP contribution in [0.25, 0.3) is 0 Å². The minimum Gasteiger partial charge on any atom is -0.481 e. The second-order valence-corrected chi connectivity index (χ2v) is 4.58. The molecule has 1 aliphatic heterocycles. The number of nitrogens with zero attached hydrogens (tertiary/aromatic N) is 1. The molecular weight excluding hydrogens is 204 g/mol. The first-order valence-electron chi connectivity index (χ1n) is 5.50. The highest BCUT2D eigenvalue weighted by Gasteiger charge is 2.32. The molecule has 1 aliphatic rings.